The van der Waals surface area contributed by atoms with E-state index >= 15 is 0 Å². The van der Waals surface area contributed by atoms with Gasteiger partial charge in [-0.3, -0.25) is 14.5 Å². The normalized spacial score (nSPS) is 22.4. The van der Waals surface area contributed by atoms with Crippen molar-refractivity contribution in [1.82, 2.24) is 5.32 Å². The van der Waals surface area contributed by atoms with Crippen LogP contribution >= 0.6 is 11.6 Å². The first-order valence-corrected chi connectivity index (χ1v) is 10.7. The molecular formula is C24H25ClN2O3. The summed E-state index contributed by atoms with van der Waals surface area (Å²) in [4.78, 5) is 27.5. The van der Waals surface area contributed by atoms with Gasteiger partial charge in [-0.15, -0.1) is 0 Å². The van der Waals surface area contributed by atoms with Gasteiger partial charge in [-0.2, -0.15) is 0 Å². The molecule has 1 saturated carbocycles. The smallest absolute Gasteiger partial charge is 0.294 e. The minimum Gasteiger partial charge on any atom is -0.449 e. The molecule has 4 rings (SSSR count). The zero-order valence-electron chi connectivity index (χ0n) is 16.9. The minimum absolute atomic E-state index is 0.0463. The molecule has 30 heavy (non-hydrogen) atoms. The number of para-hydroxylation sites is 2. The summed E-state index contributed by atoms with van der Waals surface area (Å²) in [6.45, 7) is 2.13. The van der Waals surface area contributed by atoms with Gasteiger partial charge in [-0.25, -0.2) is 0 Å². The Kier molecular flexibility index (Phi) is 6.09. The van der Waals surface area contributed by atoms with Crippen LogP contribution in [0.15, 0.2) is 54.3 Å². The Balaban J connectivity index is 1.57. The summed E-state index contributed by atoms with van der Waals surface area (Å²) >= 11 is 6.06. The average molecular weight is 425 g/mol. The second-order valence-corrected chi connectivity index (χ2v) is 8.40. The number of hydrogen-bond acceptors (Lipinski definition) is 3. The lowest BCUT2D eigenvalue weighted by atomic mass is 9.86. The maximum Gasteiger partial charge on any atom is 0.294 e. The summed E-state index contributed by atoms with van der Waals surface area (Å²) in [5.74, 6) is 0.661. The van der Waals surface area contributed by atoms with E-state index in [-0.39, 0.29) is 30.2 Å². The van der Waals surface area contributed by atoms with E-state index < -0.39 is 0 Å². The third kappa shape index (κ3) is 4.51. The van der Waals surface area contributed by atoms with Gasteiger partial charge >= 0.3 is 0 Å². The Labute approximate surface area is 181 Å². The van der Waals surface area contributed by atoms with Gasteiger partial charge in [0.15, 0.2) is 11.5 Å². The topological polar surface area (TPSA) is 58.6 Å². The molecule has 2 atom stereocenters. The Morgan fingerprint density at radius 1 is 1.20 bits per heavy atom. The highest BCUT2D eigenvalue weighted by Crippen LogP contribution is 2.35. The Morgan fingerprint density at radius 2 is 2.00 bits per heavy atom. The average Bonchev–Trinajstić information content (AvgIpc) is 2.73. The molecule has 2 aromatic rings. The van der Waals surface area contributed by atoms with Crippen LogP contribution in [0, 0.1) is 5.92 Å². The molecule has 0 spiro atoms. The van der Waals surface area contributed by atoms with Gasteiger partial charge in [0.05, 0.1) is 5.69 Å². The zero-order chi connectivity index (χ0) is 21.1. The molecule has 0 bridgehead atoms. The van der Waals surface area contributed by atoms with Crippen molar-refractivity contribution in [3.63, 3.8) is 0 Å². The lowest BCUT2D eigenvalue weighted by Gasteiger charge is -2.32. The summed E-state index contributed by atoms with van der Waals surface area (Å²) in [6, 6.07) is 14.6. The number of halogens is 1. The summed E-state index contributed by atoms with van der Waals surface area (Å²) in [5, 5.41) is 3.70. The van der Waals surface area contributed by atoms with Crippen molar-refractivity contribution in [3.8, 4) is 5.75 Å². The fourth-order valence-corrected chi connectivity index (χ4v) is 4.29. The number of fused-ring (bicyclic) bond motifs is 1. The number of nitrogens with zero attached hydrogens (tertiary/aromatic N) is 1. The van der Waals surface area contributed by atoms with Crippen LogP contribution in [0.3, 0.4) is 0 Å². The number of carbonyl (C=O) groups is 2. The summed E-state index contributed by atoms with van der Waals surface area (Å²) < 4.78 is 5.86. The number of rotatable bonds is 4. The van der Waals surface area contributed by atoms with Crippen LogP contribution in [0.1, 0.15) is 38.2 Å². The molecule has 1 aliphatic carbocycles. The predicted molar refractivity (Wildman–Crippen MR) is 118 cm³/mol. The monoisotopic (exact) mass is 424 g/mol. The Bertz CT molecular complexity index is 988. The molecule has 0 aromatic heterocycles. The summed E-state index contributed by atoms with van der Waals surface area (Å²) in [6.07, 6.45) is 6.09. The van der Waals surface area contributed by atoms with E-state index in [1.807, 2.05) is 24.3 Å². The van der Waals surface area contributed by atoms with E-state index in [4.69, 9.17) is 16.3 Å². The summed E-state index contributed by atoms with van der Waals surface area (Å²) in [5.41, 5.74) is 1.35. The standard InChI is InChI=1S/C24H25ClN2O3/c1-16-7-2-3-10-19(16)26-23(28)15-27-20-11-4-5-12-21(20)30-22(24(27)29)14-17-8-6-9-18(25)13-17/h4-6,8-9,11-14,16,19H,2-3,7,10,15H2,1H3,(H,26,28)/b22-14+/t16-,19-/m0/s1. The van der Waals surface area contributed by atoms with Crippen molar-refractivity contribution < 1.29 is 14.3 Å². The molecule has 0 saturated heterocycles. The van der Waals surface area contributed by atoms with E-state index in [2.05, 4.69) is 12.2 Å². The molecule has 1 fully saturated rings. The van der Waals surface area contributed by atoms with E-state index in [1.165, 1.54) is 11.3 Å². The maximum atomic E-state index is 13.2. The van der Waals surface area contributed by atoms with Gasteiger partial charge in [-0.1, -0.05) is 55.6 Å². The van der Waals surface area contributed by atoms with Gasteiger partial charge < -0.3 is 10.1 Å². The number of anilines is 1. The highest BCUT2D eigenvalue weighted by Gasteiger charge is 2.32. The largest absolute Gasteiger partial charge is 0.449 e. The molecule has 1 aliphatic heterocycles. The van der Waals surface area contributed by atoms with Crippen LogP contribution in [0.25, 0.3) is 6.08 Å². The van der Waals surface area contributed by atoms with Crippen LogP contribution in [0.5, 0.6) is 5.75 Å². The van der Waals surface area contributed by atoms with Crippen molar-refractivity contribution in [2.45, 2.75) is 38.6 Å². The van der Waals surface area contributed by atoms with Crippen LogP contribution in [0.4, 0.5) is 5.69 Å². The molecule has 156 valence electrons. The highest BCUT2D eigenvalue weighted by molar-refractivity contribution is 6.30. The van der Waals surface area contributed by atoms with Crippen LogP contribution in [-0.2, 0) is 9.59 Å². The van der Waals surface area contributed by atoms with Crippen molar-refractivity contribution in [3.05, 3.63) is 64.9 Å². The number of benzene rings is 2. The van der Waals surface area contributed by atoms with Gasteiger partial charge in [0.2, 0.25) is 5.91 Å². The number of nitrogens with one attached hydrogen (secondary N) is 1. The molecule has 0 unspecified atom stereocenters. The molecule has 0 radical (unpaired) electrons. The molecule has 6 heteroatoms. The van der Waals surface area contributed by atoms with Crippen LogP contribution in [-0.4, -0.2) is 24.4 Å². The second kappa shape index (κ2) is 8.92. The first-order valence-electron chi connectivity index (χ1n) is 10.4. The fraction of sp³-hybridized carbons (Fsp3) is 0.333. The number of carbonyl (C=O) groups excluding carboxylic acids is 2. The first-order chi connectivity index (χ1) is 14.5. The van der Waals surface area contributed by atoms with E-state index in [1.54, 1.807) is 30.3 Å². The lowest BCUT2D eigenvalue weighted by molar-refractivity contribution is -0.124. The Hall–Kier alpha value is -2.79. The fourth-order valence-electron chi connectivity index (χ4n) is 4.09. The molecule has 1 heterocycles. The predicted octanol–water partition coefficient (Wildman–Crippen LogP) is 4.80. The maximum absolute atomic E-state index is 13.2. The van der Waals surface area contributed by atoms with Crippen molar-refractivity contribution >= 4 is 35.2 Å². The lowest BCUT2D eigenvalue weighted by Crippen LogP contribution is -2.48. The molecule has 5 nitrogen and oxygen atoms in total. The van der Waals surface area contributed by atoms with Gasteiger partial charge in [0, 0.05) is 11.1 Å². The van der Waals surface area contributed by atoms with Gasteiger partial charge in [-0.05, 0) is 54.7 Å². The third-order valence-corrected chi connectivity index (χ3v) is 5.97. The molecule has 2 aliphatic rings. The minimum atomic E-state index is -0.347. The van der Waals surface area contributed by atoms with E-state index in [9.17, 15) is 9.59 Å². The quantitative estimate of drug-likeness (QED) is 0.717. The van der Waals surface area contributed by atoms with Gasteiger partial charge in [0.25, 0.3) is 5.91 Å². The number of ether oxygens (including phenoxy) is 1. The van der Waals surface area contributed by atoms with Gasteiger partial charge in [0.1, 0.15) is 6.54 Å². The molecular weight excluding hydrogens is 400 g/mol. The molecule has 2 amide bonds. The molecule has 1 N–H and O–H groups in total. The molecule has 2 aromatic carbocycles. The third-order valence-electron chi connectivity index (χ3n) is 5.74. The zero-order valence-corrected chi connectivity index (χ0v) is 17.7. The summed E-state index contributed by atoms with van der Waals surface area (Å²) in [7, 11) is 0. The van der Waals surface area contributed by atoms with Crippen LogP contribution < -0.4 is 15.0 Å². The van der Waals surface area contributed by atoms with Crippen molar-refractivity contribution in [2.24, 2.45) is 5.92 Å². The number of amides is 2. The van der Waals surface area contributed by atoms with Crippen molar-refractivity contribution in [1.29, 1.82) is 0 Å². The first kappa shape index (κ1) is 20.5. The Morgan fingerprint density at radius 3 is 2.80 bits per heavy atom. The SMILES string of the molecule is C[C@H]1CCCC[C@@H]1NC(=O)CN1C(=O)/C(=C\c2cccc(Cl)c2)Oc2ccccc21. The van der Waals surface area contributed by atoms with Crippen LogP contribution in [0.2, 0.25) is 5.02 Å². The number of hydrogen-bond donors (Lipinski definition) is 1. The van der Waals surface area contributed by atoms with E-state index in [0.29, 0.717) is 22.4 Å². The highest BCUT2D eigenvalue weighted by atomic mass is 35.5. The second-order valence-electron chi connectivity index (χ2n) is 7.96. The van der Waals surface area contributed by atoms with Crippen molar-refractivity contribution in [2.75, 3.05) is 11.4 Å². The van der Waals surface area contributed by atoms with E-state index in [0.717, 1.165) is 24.8 Å².